The van der Waals surface area contributed by atoms with E-state index < -0.39 is 0 Å². The van der Waals surface area contributed by atoms with Crippen LogP contribution in [0.4, 0.5) is 0 Å². The zero-order valence-electron chi connectivity index (χ0n) is 11.9. The highest BCUT2D eigenvalue weighted by Crippen LogP contribution is 2.31. The van der Waals surface area contributed by atoms with Gasteiger partial charge in [0.1, 0.15) is 11.5 Å². The topological polar surface area (TPSA) is 77.5 Å². The van der Waals surface area contributed by atoms with Crippen LogP contribution in [0.2, 0.25) is 0 Å². The van der Waals surface area contributed by atoms with Gasteiger partial charge in [0, 0.05) is 0 Å². The summed E-state index contributed by atoms with van der Waals surface area (Å²) >= 11 is 0. The van der Waals surface area contributed by atoms with Crippen LogP contribution in [-0.4, -0.2) is 18.0 Å². The van der Waals surface area contributed by atoms with E-state index in [1.165, 1.54) is 6.39 Å². The molecule has 2 heterocycles. The van der Waals surface area contributed by atoms with Crippen LogP contribution in [0.1, 0.15) is 16.2 Å². The molecule has 112 valence electrons. The van der Waals surface area contributed by atoms with Gasteiger partial charge >= 0.3 is 0 Å². The number of hydrogen-bond donors (Lipinski definition) is 1. The predicted molar refractivity (Wildman–Crippen MR) is 78.4 cm³/mol. The maximum Gasteiger partial charge on any atom is 0.274 e. The molecule has 0 fully saturated rings. The van der Waals surface area contributed by atoms with Crippen molar-refractivity contribution in [2.45, 2.75) is 6.54 Å². The van der Waals surface area contributed by atoms with Crippen LogP contribution in [0.25, 0.3) is 11.3 Å². The lowest BCUT2D eigenvalue weighted by Crippen LogP contribution is -2.23. The van der Waals surface area contributed by atoms with Gasteiger partial charge in [-0.05, 0) is 24.3 Å². The average molecular weight is 298 g/mol. The van der Waals surface area contributed by atoms with Crippen molar-refractivity contribution < 1.29 is 18.4 Å². The fraction of sp³-hybridized carbons (Fsp3) is 0.125. The molecule has 1 amide bonds. The first-order chi connectivity index (χ1) is 10.8. The molecule has 3 aromatic rings. The molecule has 0 radical (unpaired) electrons. The van der Waals surface area contributed by atoms with Gasteiger partial charge in [-0.15, -0.1) is 0 Å². The molecule has 0 aliphatic rings. The molecule has 1 aromatic carbocycles. The van der Waals surface area contributed by atoms with Crippen molar-refractivity contribution in [2.75, 3.05) is 7.11 Å². The van der Waals surface area contributed by atoms with Gasteiger partial charge in [0.05, 0.1) is 25.5 Å². The summed E-state index contributed by atoms with van der Waals surface area (Å²) in [5.74, 6) is 1.30. The second-order valence-corrected chi connectivity index (χ2v) is 4.49. The van der Waals surface area contributed by atoms with Crippen molar-refractivity contribution in [1.29, 1.82) is 0 Å². The van der Waals surface area contributed by atoms with Crippen LogP contribution in [0, 0.1) is 0 Å². The standard InChI is InChI=1S/C16H14N2O4/c1-20-13-7-3-2-6-12(13)15-14(18-10-22-15)16(19)17-9-11-5-4-8-21-11/h2-8,10H,9H2,1H3,(H,17,19). The number of rotatable bonds is 5. The van der Waals surface area contributed by atoms with E-state index in [1.54, 1.807) is 31.6 Å². The number of oxazole rings is 1. The molecule has 6 nitrogen and oxygen atoms in total. The zero-order chi connectivity index (χ0) is 15.4. The van der Waals surface area contributed by atoms with E-state index in [-0.39, 0.29) is 18.1 Å². The number of hydrogen-bond acceptors (Lipinski definition) is 5. The van der Waals surface area contributed by atoms with Gasteiger partial charge in [0.25, 0.3) is 5.91 Å². The summed E-state index contributed by atoms with van der Waals surface area (Å²) in [6, 6.07) is 10.8. The molecule has 3 rings (SSSR count). The molecule has 6 heteroatoms. The Morgan fingerprint density at radius 1 is 1.23 bits per heavy atom. The number of methoxy groups -OCH3 is 1. The van der Waals surface area contributed by atoms with Crippen molar-refractivity contribution in [3.63, 3.8) is 0 Å². The SMILES string of the molecule is COc1ccccc1-c1ocnc1C(=O)NCc1ccco1. The molecule has 1 N–H and O–H groups in total. The lowest BCUT2D eigenvalue weighted by Gasteiger charge is -2.07. The lowest BCUT2D eigenvalue weighted by atomic mass is 10.1. The van der Waals surface area contributed by atoms with Gasteiger partial charge in [0.15, 0.2) is 17.8 Å². The minimum absolute atomic E-state index is 0.205. The van der Waals surface area contributed by atoms with Gasteiger partial charge in [0.2, 0.25) is 0 Å². The first-order valence-electron chi connectivity index (χ1n) is 6.67. The summed E-state index contributed by atoms with van der Waals surface area (Å²) in [5.41, 5.74) is 0.877. The number of para-hydroxylation sites is 1. The minimum Gasteiger partial charge on any atom is -0.496 e. The Balaban J connectivity index is 1.84. The third-order valence-electron chi connectivity index (χ3n) is 3.14. The number of aromatic nitrogens is 1. The molecular formula is C16H14N2O4. The van der Waals surface area contributed by atoms with E-state index in [9.17, 15) is 4.79 Å². The maximum absolute atomic E-state index is 12.3. The van der Waals surface area contributed by atoms with Crippen LogP contribution in [-0.2, 0) is 6.54 Å². The molecule has 0 aliphatic carbocycles. The van der Waals surface area contributed by atoms with E-state index in [2.05, 4.69) is 10.3 Å². The van der Waals surface area contributed by atoms with Crippen molar-refractivity contribution in [3.05, 3.63) is 60.5 Å². The molecule has 0 bridgehead atoms. The first-order valence-corrected chi connectivity index (χ1v) is 6.67. The normalized spacial score (nSPS) is 10.4. The molecule has 0 atom stereocenters. The maximum atomic E-state index is 12.3. The van der Waals surface area contributed by atoms with Crippen LogP contribution >= 0.6 is 0 Å². The Morgan fingerprint density at radius 3 is 2.86 bits per heavy atom. The van der Waals surface area contributed by atoms with Gasteiger partial charge in [-0.1, -0.05) is 12.1 Å². The third-order valence-corrected chi connectivity index (χ3v) is 3.14. The molecule has 0 saturated carbocycles. The number of furan rings is 1. The fourth-order valence-electron chi connectivity index (χ4n) is 2.10. The number of nitrogens with zero attached hydrogens (tertiary/aromatic N) is 1. The molecule has 0 saturated heterocycles. The van der Waals surface area contributed by atoms with Gasteiger partial charge in [-0.2, -0.15) is 0 Å². The highest BCUT2D eigenvalue weighted by molar-refractivity contribution is 5.98. The second-order valence-electron chi connectivity index (χ2n) is 4.49. The fourth-order valence-corrected chi connectivity index (χ4v) is 2.10. The Morgan fingerprint density at radius 2 is 2.09 bits per heavy atom. The van der Waals surface area contributed by atoms with Crippen LogP contribution in [0.3, 0.4) is 0 Å². The van der Waals surface area contributed by atoms with Crippen molar-refractivity contribution in [2.24, 2.45) is 0 Å². The van der Waals surface area contributed by atoms with Crippen LogP contribution in [0.5, 0.6) is 5.75 Å². The molecule has 0 unspecified atom stereocenters. The van der Waals surface area contributed by atoms with Crippen molar-refractivity contribution >= 4 is 5.91 Å². The Labute approximate surface area is 126 Å². The van der Waals surface area contributed by atoms with Gasteiger partial charge in [-0.25, -0.2) is 4.98 Å². The largest absolute Gasteiger partial charge is 0.496 e. The molecule has 0 spiro atoms. The Kier molecular flexibility index (Phi) is 3.91. The summed E-state index contributed by atoms with van der Waals surface area (Å²) in [7, 11) is 1.56. The smallest absolute Gasteiger partial charge is 0.274 e. The molecule has 2 aromatic heterocycles. The number of amides is 1. The van der Waals surface area contributed by atoms with Crippen LogP contribution in [0.15, 0.2) is 57.9 Å². The second kappa shape index (κ2) is 6.17. The molecular weight excluding hydrogens is 284 g/mol. The average Bonchev–Trinajstić information content (AvgIpc) is 3.23. The summed E-state index contributed by atoms with van der Waals surface area (Å²) < 4.78 is 15.8. The predicted octanol–water partition coefficient (Wildman–Crippen LogP) is 2.87. The molecule has 22 heavy (non-hydrogen) atoms. The zero-order valence-corrected chi connectivity index (χ0v) is 11.9. The van der Waals surface area contributed by atoms with Gasteiger partial charge < -0.3 is 18.9 Å². The van der Waals surface area contributed by atoms with E-state index in [0.717, 1.165) is 0 Å². The summed E-state index contributed by atoms with van der Waals surface area (Å²) in [6.45, 7) is 0.282. The van der Waals surface area contributed by atoms with E-state index in [0.29, 0.717) is 22.8 Å². The lowest BCUT2D eigenvalue weighted by molar-refractivity contribution is 0.0944. The summed E-state index contributed by atoms with van der Waals surface area (Å²) in [5, 5.41) is 2.74. The minimum atomic E-state index is -0.342. The highest BCUT2D eigenvalue weighted by atomic mass is 16.5. The summed E-state index contributed by atoms with van der Waals surface area (Å²) in [4.78, 5) is 16.3. The molecule has 0 aliphatic heterocycles. The van der Waals surface area contributed by atoms with Gasteiger partial charge in [-0.3, -0.25) is 4.79 Å². The first kappa shape index (κ1) is 13.9. The number of nitrogens with one attached hydrogen (secondary N) is 1. The number of carbonyl (C=O) groups excluding carboxylic acids is 1. The van der Waals surface area contributed by atoms with Crippen molar-refractivity contribution in [1.82, 2.24) is 10.3 Å². The monoisotopic (exact) mass is 298 g/mol. The van der Waals surface area contributed by atoms with E-state index >= 15 is 0 Å². The van der Waals surface area contributed by atoms with Crippen molar-refractivity contribution in [3.8, 4) is 17.1 Å². The Bertz CT molecular complexity index is 762. The van der Waals surface area contributed by atoms with Crippen LogP contribution < -0.4 is 10.1 Å². The highest BCUT2D eigenvalue weighted by Gasteiger charge is 2.20. The van der Waals surface area contributed by atoms with E-state index in [1.807, 2.05) is 18.2 Å². The number of carbonyl (C=O) groups is 1. The number of benzene rings is 1. The third kappa shape index (κ3) is 2.71. The quantitative estimate of drug-likeness (QED) is 0.783. The Hall–Kier alpha value is -3.02. The van der Waals surface area contributed by atoms with E-state index in [4.69, 9.17) is 13.6 Å². The summed E-state index contributed by atoms with van der Waals surface area (Å²) in [6.07, 6.45) is 2.79. The number of ether oxygens (including phenoxy) is 1.